The summed E-state index contributed by atoms with van der Waals surface area (Å²) < 4.78 is 2.39. The van der Waals surface area contributed by atoms with Crippen LogP contribution in [-0.4, -0.2) is 39.3 Å². The fraction of sp³-hybridized carbons (Fsp3) is 0.655. The molecular formula is C29H42N4O2S2. The fourth-order valence-electron chi connectivity index (χ4n) is 5.26. The predicted molar refractivity (Wildman–Crippen MR) is 159 cm³/mol. The third-order valence-corrected chi connectivity index (χ3v) is 9.00. The van der Waals surface area contributed by atoms with Gasteiger partial charge in [0, 0.05) is 31.7 Å². The van der Waals surface area contributed by atoms with Gasteiger partial charge in [0.15, 0.2) is 0 Å². The Morgan fingerprint density at radius 3 is 2.35 bits per heavy atom. The van der Waals surface area contributed by atoms with Crippen molar-refractivity contribution in [2.45, 2.75) is 98.4 Å². The zero-order chi connectivity index (χ0) is 26.9. The Kier molecular flexibility index (Phi) is 11.3. The molecule has 2 aliphatic rings. The molecule has 1 unspecified atom stereocenters. The number of aromatic nitrogens is 1. The van der Waals surface area contributed by atoms with Crippen LogP contribution in [0.2, 0.25) is 0 Å². The molecule has 0 spiro atoms. The summed E-state index contributed by atoms with van der Waals surface area (Å²) in [6.07, 6.45) is 12.6. The summed E-state index contributed by atoms with van der Waals surface area (Å²) in [5.41, 5.74) is 1.41. The molecule has 0 aromatic carbocycles. The lowest BCUT2D eigenvalue weighted by atomic mass is 9.99. The third-order valence-electron chi connectivity index (χ3n) is 7.62. The van der Waals surface area contributed by atoms with E-state index in [1.54, 1.807) is 9.47 Å². The van der Waals surface area contributed by atoms with E-state index in [4.69, 9.17) is 12.2 Å². The van der Waals surface area contributed by atoms with Crippen LogP contribution in [0.15, 0.2) is 9.70 Å². The molecule has 1 aromatic heterocycles. The smallest absolute Gasteiger partial charge is 0.270 e. The molecule has 202 valence electrons. The molecule has 8 heteroatoms. The first kappa shape index (κ1) is 29.4. The van der Waals surface area contributed by atoms with Gasteiger partial charge in [0.25, 0.3) is 11.5 Å². The number of nitriles is 1. The number of thioether (sulfide) groups is 1. The highest BCUT2D eigenvalue weighted by molar-refractivity contribution is 8.26. The zero-order valence-corrected chi connectivity index (χ0v) is 24.6. The minimum Gasteiger partial charge on any atom is -0.357 e. The summed E-state index contributed by atoms with van der Waals surface area (Å²) in [7, 11) is 0. The van der Waals surface area contributed by atoms with Crippen molar-refractivity contribution in [3.8, 4) is 6.07 Å². The van der Waals surface area contributed by atoms with Crippen molar-refractivity contribution in [1.82, 2.24) is 9.47 Å². The van der Waals surface area contributed by atoms with Crippen molar-refractivity contribution < 1.29 is 4.79 Å². The fourth-order valence-corrected chi connectivity index (χ4v) is 6.51. The first-order valence-electron chi connectivity index (χ1n) is 14.1. The van der Waals surface area contributed by atoms with Gasteiger partial charge in [-0.2, -0.15) is 5.26 Å². The molecule has 0 saturated carbocycles. The number of hydrogen-bond acceptors (Lipinski definition) is 6. The second kappa shape index (κ2) is 14.2. The van der Waals surface area contributed by atoms with Crippen molar-refractivity contribution >= 4 is 46.1 Å². The molecule has 2 fully saturated rings. The molecule has 1 aromatic rings. The molecule has 1 atom stereocenters. The van der Waals surface area contributed by atoms with E-state index in [1.807, 2.05) is 13.0 Å². The van der Waals surface area contributed by atoms with Gasteiger partial charge in [0.05, 0.1) is 4.91 Å². The Hall–Kier alpha value is -2.11. The van der Waals surface area contributed by atoms with Crippen LogP contribution in [0.3, 0.4) is 0 Å². The lowest BCUT2D eigenvalue weighted by Gasteiger charge is -2.29. The number of carbonyl (C=O) groups is 1. The minimum atomic E-state index is -0.223. The summed E-state index contributed by atoms with van der Waals surface area (Å²) in [6.45, 7) is 11.3. The van der Waals surface area contributed by atoms with Gasteiger partial charge in [-0.05, 0) is 50.2 Å². The Bertz CT molecular complexity index is 1110. The van der Waals surface area contributed by atoms with E-state index < -0.39 is 0 Å². The zero-order valence-electron chi connectivity index (χ0n) is 23.0. The molecule has 3 heterocycles. The minimum absolute atomic E-state index is 0.0593. The molecule has 6 nitrogen and oxygen atoms in total. The maximum Gasteiger partial charge on any atom is 0.270 e. The van der Waals surface area contributed by atoms with Gasteiger partial charge in [-0.3, -0.25) is 19.1 Å². The SMILES string of the molecule is CCCCC(CC)CN1C(=O)/C(=C/c2c(C)c(C#N)c(=O)n(CCCC)c2N2CCCCCC2)SC1=S. The van der Waals surface area contributed by atoms with Crippen LogP contribution < -0.4 is 10.5 Å². The van der Waals surface area contributed by atoms with Gasteiger partial charge in [-0.15, -0.1) is 0 Å². The molecule has 0 N–H and O–H groups in total. The third kappa shape index (κ3) is 6.86. The normalized spacial score (nSPS) is 18.4. The number of amides is 1. The molecule has 2 saturated heterocycles. The number of pyridine rings is 1. The van der Waals surface area contributed by atoms with E-state index >= 15 is 0 Å². The number of unbranched alkanes of at least 4 members (excludes halogenated alkanes) is 2. The van der Waals surface area contributed by atoms with Crippen LogP contribution in [-0.2, 0) is 11.3 Å². The Morgan fingerprint density at radius 2 is 1.76 bits per heavy atom. The average Bonchev–Trinajstić information content (AvgIpc) is 3.05. The first-order chi connectivity index (χ1) is 17.9. The van der Waals surface area contributed by atoms with Gasteiger partial charge >= 0.3 is 0 Å². The quantitative estimate of drug-likeness (QED) is 0.231. The van der Waals surface area contributed by atoms with E-state index in [2.05, 4.69) is 31.7 Å². The Balaban J connectivity index is 2.10. The monoisotopic (exact) mass is 542 g/mol. The molecule has 1 amide bonds. The number of rotatable bonds is 11. The molecule has 0 aliphatic carbocycles. The van der Waals surface area contributed by atoms with Crippen molar-refractivity contribution in [2.75, 3.05) is 24.5 Å². The topological polar surface area (TPSA) is 69.3 Å². The van der Waals surface area contributed by atoms with Crippen molar-refractivity contribution in [3.05, 3.63) is 31.9 Å². The van der Waals surface area contributed by atoms with Crippen LogP contribution >= 0.6 is 24.0 Å². The van der Waals surface area contributed by atoms with Gasteiger partial charge in [0.2, 0.25) is 0 Å². The highest BCUT2D eigenvalue weighted by Gasteiger charge is 2.34. The van der Waals surface area contributed by atoms with E-state index in [-0.39, 0.29) is 17.0 Å². The number of anilines is 1. The maximum absolute atomic E-state index is 13.6. The molecule has 3 rings (SSSR count). The largest absolute Gasteiger partial charge is 0.357 e. The highest BCUT2D eigenvalue weighted by atomic mass is 32.2. The number of nitrogens with zero attached hydrogens (tertiary/aromatic N) is 4. The van der Waals surface area contributed by atoms with Crippen molar-refractivity contribution in [1.29, 1.82) is 5.26 Å². The van der Waals surface area contributed by atoms with Crippen LogP contribution in [0.1, 0.15) is 102 Å². The molecule has 0 radical (unpaired) electrons. The van der Waals surface area contributed by atoms with Gasteiger partial charge in [0.1, 0.15) is 21.8 Å². The molecule has 2 aliphatic heterocycles. The number of thiocarbonyl (C=S) groups is 1. The van der Waals surface area contributed by atoms with Gasteiger partial charge in [-0.1, -0.05) is 83.3 Å². The van der Waals surface area contributed by atoms with E-state index in [0.29, 0.717) is 33.8 Å². The summed E-state index contributed by atoms with van der Waals surface area (Å²) in [4.78, 5) is 31.7. The lowest BCUT2D eigenvalue weighted by molar-refractivity contribution is -0.122. The predicted octanol–water partition coefficient (Wildman–Crippen LogP) is 6.63. The molecule has 0 bridgehead atoms. The van der Waals surface area contributed by atoms with Crippen LogP contribution in [0.5, 0.6) is 0 Å². The maximum atomic E-state index is 13.6. The van der Waals surface area contributed by atoms with E-state index in [0.717, 1.165) is 75.8 Å². The van der Waals surface area contributed by atoms with Crippen LogP contribution in [0.25, 0.3) is 6.08 Å². The van der Waals surface area contributed by atoms with Gasteiger partial charge in [-0.25, -0.2) is 0 Å². The summed E-state index contributed by atoms with van der Waals surface area (Å²) in [6, 6.07) is 2.16. The van der Waals surface area contributed by atoms with E-state index in [9.17, 15) is 14.9 Å². The van der Waals surface area contributed by atoms with Crippen LogP contribution in [0.4, 0.5) is 5.82 Å². The average molecular weight is 543 g/mol. The number of carbonyl (C=O) groups excluding carboxylic acids is 1. The highest BCUT2D eigenvalue weighted by Crippen LogP contribution is 2.37. The second-order valence-electron chi connectivity index (χ2n) is 10.3. The Labute approximate surface area is 232 Å². The summed E-state index contributed by atoms with van der Waals surface area (Å²) in [5.74, 6) is 1.23. The summed E-state index contributed by atoms with van der Waals surface area (Å²) >= 11 is 7.00. The second-order valence-corrected chi connectivity index (χ2v) is 11.9. The first-order valence-corrected chi connectivity index (χ1v) is 15.3. The van der Waals surface area contributed by atoms with Gasteiger partial charge < -0.3 is 4.90 Å². The van der Waals surface area contributed by atoms with E-state index in [1.165, 1.54) is 24.6 Å². The standard InChI is InChI=1S/C29H42N4O2S2/c1-5-8-14-22(7-3)20-33-28(35)25(37-29(33)36)18-23-21(4)24(19-30)27(34)32(17-9-6-2)26(23)31-15-12-10-11-13-16-31/h18,22H,5-17,20H2,1-4H3/b25-18-. The number of hydrogen-bond donors (Lipinski definition) is 0. The lowest BCUT2D eigenvalue weighted by Crippen LogP contribution is -2.35. The molecular weight excluding hydrogens is 500 g/mol. The van der Waals surface area contributed by atoms with Crippen molar-refractivity contribution in [3.63, 3.8) is 0 Å². The Morgan fingerprint density at radius 1 is 1.08 bits per heavy atom. The summed E-state index contributed by atoms with van der Waals surface area (Å²) in [5, 5.41) is 9.92. The van der Waals surface area contributed by atoms with Crippen molar-refractivity contribution in [2.24, 2.45) is 5.92 Å². The van der Waals surface area contributed by atoms with Crippen LogP contribution in [0, 0.1) is 24.2 Å². The molecule has 37 heavy (non-hydrogen) atoms.